The summed E-state index contributed by atoms with van der Waals surface area (Å²) in [5.41, 5.74) is 1.79. The van der Waals surface area contributed by atoms with Gasteiger partial charge in [-0.2, -0.15) is 0 Å². The number of rotatable bonds is 6. The fourth-order valence-electron chi connectivity index (χ4n) is 2.78. The van der Waals surface area contributed by atoms with Crippen molar-refractivity contribution in [3.05, 3.63) is 65.6 Å². The Bertz CT molecular complexity index is 1110. The number of nitrogens with zero attached hydrogens (tertiary/aromatic N) is 4. The Morgan fingerprint density at radius 2 is 2.00 bits per heavy atom. The average Bonchev–Trinajstić information content (AvgIpc) is 3.33. The Hall–Kier alpha value is -2.77. The molecule has 2 aromatic carbocycles. The average molecular weight is 413 g/mol. The van der Waals surface area contributed by atoms with E-state index < -0.39 is 0 Å². The molecule has 0 aliphatic rings. The van der Waals surface area contributed by atoms with Crippen molar-refractivity contribution in [2.24, 2.45) is 7.05 Å². The molecular weight excluding hydrogens is 396 g/mol. The van der Waals surface area contributed by atoms with Crippen LogP contribution in [0, 0.1) is 0 Å². The maximum absolute atomic E-state index is 6.04. The van der Waals surface area contributed by atoms with Crippen molar-refractivity contribution in [1.82, 2.24) is 19.7 Å². The summed E-state index contributed by atoms with van der Waals surface area (Å²) in [6.07, 6.45) is 1.71. The van der Waals surface area contributed by atoms with Crippen molar-refractivity contribution >= 4 is 23.4 Å². The highest BCUT2D eigenvalue weighted by Crippen LogP contribution is 2.31. The molecule has 0 N–H and O–H groups in total. The van der Waals surface area contributed by atoms with E-state index in [0.717, 1.165) is 27.9 Å². The predicted octanol–water partition coefficient (Wildman–Crippen LogP) is 5.09. The highest BCUT2D eigenvalue weighted by molar-refractivity contribution is 7.98. The summed E-state index contributed by atoms with van der Waals surface area (Å²) in [6.45, 7) is 0. The Morgan fingerprint density at radius 3 is 2.82 bits per heavy atom. The third-order valence-electron chi connectivity index (χ3n) is 4.17. The molecular formula is C20H17ClN4O2S. The van der Waals surface area contributed by atoms with Gasteiger partial charge in [0.1, 0.15) is 5.75 Å². The molecule has 2 heterocycles. The number of benzene rings is 2. The zero-order valence-electron chi connectivity index (χ0n) is 15.3. The van der Waals surface area contributed by atoms with Crippen LogP contribution in [0.2, 0.25) is 5.02 Å². The van der Waals surface area contributed by atoms with Crippen LogP contribution in [0.25, 0.3) is 22.7 Å². The lowest BCUT2D eigenvalue weighted by Crippen LogP contribution is -1.97. The zero-order chi connectivity index (χ0) is 19.5. The van der Waals surface area contributed by atoms with Crippen LogP contribution < -0.4 is 4.74 Å². The molecule has 2 aromatic heterocycles. The van der Waals surface area contributed by atoms with Crippen LogP contribution in [0.5, 0.6) is 5.75 Å². The molecule has 0 fully saturated rings. The number of hydrogen-bond acceptors (Lipinski definition) is 6. The van der Waals surface area contributed by atoms with Crippen molar-refractivity contribution in [2.45, 2.75) is 10.9 Å². The van der Waals surface area contributed by atoms with E-state index in [0.29, 0.717) is 22.4 Å². The van der Waals surface area contributed by atoms with Crippen molar-refractivity contribution in [3.63, 3.8) is 0 Å². The molecule has 0 bridgehead atoms. The molecule has 0 radical (unpaired) electrons. The first kappa shape index (κ1) is 18.6. The summed E-state index contributed by atoms with van der Waals surface area (Å²) in [4.78, 5) is 4.35. The topological polar surface area (TPSA) is 66.0 Å². The van der Waals surface area contributed by atoms with E-state index in [1.54, 1.807) is 13.3 Å². The lowest BCUT2D eigenvalue weighted by Gasteiger charge is -2.07. The molecule has 4 aromatic rings. The first-order valence-electron chi connectivity index (χ1n) is 8.52. The molecule has 0 atom stereocenters. The molecule has 0 aliphatic heterocycles. The quantitative estimate of drug-likeness (QED) is 0.411. The first-order chi connectivity index (χ1) is 13.7. The minimum absolute atomic E-state index is 0.540. The molecule has 0 saturated heterocycles. The lowest BCUT2D eigenvalue weighted by atomic mass is 10.2. The van der Waals surface area contributed by atoms with Crippen LogP contribution in [0.15, 0.2) is 64.3 Å². The molecule has 28 heavy (non-hydrogen) atoms. The fraction of sp³-hybridized carbons (Fsp3) is 0.150. The molecule has 0 aliphatic carbocycles. The summed E-state index contributed by atoms with van der Waals surface area (Å²) in [5.74, 6) is 3.34. The van der Waals surface area contributed by atoms with Gasteiger partial charge in [0.05, 0.1) is 24.6 Å². The van der Waals surface area contributed by atoms with E-state index in [4.69, 9.17) is 20.8 Å². The molecule has 0 unspecified atom stereocenters. The number of para-hydroxylation sites is 1. The number of aromatic nitrogens is 4. The summed E-state index contributed by atoms with van der Waals surface area (Å²) in [5, 5.41) is 10.0. The summed E-state index contributed by atoms with van der Waals surface area (Å²) in [6, 6.07) is 15.2. The molecule has 0 spiro atoms. The van der Waals surface area contributed by atoms with Crippen molar-refractivity contribution in [2.75, 3.05) is 7.11 Å². The zero-order valence-corrected chi connectivity index (χ0v) is 16.9. The SMILES string of the molecule is COc1ccccc1-c1nnc(SCc2ncc(-c3cccc(Cl)c3)o2)n1C. The number of methoxy groups -OCH3 is 1. The number of hydrogen-bond donors (Lipinski definition) is 0. The van der Waals surface area contributed by atoms with Gasteiger partial charge in [-0.05, 0) is 24.3 Å². The van der Waals surface area contributed by atoms with Gasteiger partial charge >= 0.3 is 0 Å². The van der Waals surface area contributed by atoms with E-state index in [1.165, 1.54) is 11.8 Å². The van der Waals surface area contributed by atoms with Crippen LogP contribution >= 0.6 is 23.4 Å². The fourth-order valence-corrected chi connectivity index (χ4v) is 3.74. The van der Waals surface area contributed by atoms with Gasteiger partial charge < -0.3 is 13.7 Å². The Labute approximate surface area is 171 Å². The molecule has 8 heteroatoms. The second-order valence-electron chi connectivity index (χ2n) is 5.98. The van der Waals surface area contributed by atoms with Gasteiger partial charge in [0.2, 0.25) is 5.89 Å². The van der Waals surface area contributed by atoms with Crippen LogP contribution in [0.3, 0.4) is 0 Å². The van der Waals surface area contributed by atoms with Gasteiger partial charge in [0.25, 0.3) is 0 Å². The van der Waals surface area contributed by atoms with Gasteiger partial charge in [-0.3, -0.25) is 0 Å². The number of oxazole rings is 1. The van der Waals surface area contributed by atoms with Crippen molar-refractivity contribution in [3.8, 4) is 28.5 Å². The summed E-state index contributed by atoms with van der Waals surface area (Å²) >= 11 is 7.55. The Morgan fingerprint density at radius 1 is 1.14 bits per heavy atom. The normalized spacial score (nSPS) is 11.0. The number of ether oxygens (including phenoxy) is 1. The first-order valence-corrected chi connectivity index (χ1v) is 9.88. The summed E-state index contributed by atoms with van der Waals surface area (Å²) in [7, 11) is 3.57. The maximum atomic E-state index is 6.04. The van der Waals surface area contributed by atoms with Gasteiger partial charge in [-0.1, -0.05) is 47.6 Å². The molecule has 6 nitrogen and oxygen atoms in total. The van der Waals surface area contributed by atoms with E-state index >= 15 is 0 Å². The number of halogens is 1. The van der Waals surface area contributed by atoms with Crippen LogP contribution in [0.1, 0.15) is 5.89 Å². The number of thioether (sulfide) groups is 1. The van der Waals surface area contributed by atoms with Gasteiger partial charge in [0.15, 0.2) is 16.7 Å². The lowest BCUT2D eigenvalue weighted by molar-refractivity contribution is 0.416. The highest BCUT2D eigenvalue weighted by atomic mass is 35.5. The minimum Gasteiger partial charge on any atom is -0.496 e. The third kappa shape index (κ3) is 3.76. The van der Waals surface area contributed by atoms with E-state index in [2.05, 4.69) is 15.2 Å². The monoisotopic (exact) mass is 412 g/mol. The van der Waals surface area contributed by atoms with E-state index in [9.17, 15) is 0 Å². The smallest absolute Gasteiger partial charge is 0.205 e. The highest BCUT2D eigenvalue weighted by Gasteiger charge is 2.16. The Kier molecular flexibility index (Phi) is 5.36. The second kappa shape index (κ2) is 8.08. The van der Waals surface area contributed by atoms with Crippen LogP contribution in [-0.2, 0) is 12.8 Å². The van der Waals surface area contributed by atoms with Gasteiger partial charge in [0, 0.05) is 17.6 Å². The van der Waals surface area contributed by atoms with Crippen LogP contribution in [0.4, 0.5) is 0 Å². The standard InChI is InChI=1S/C20H17ClN4O2S/c1-25-19(15-8-3-4-9-16(15)26-2)23-24-20(25)28-12-18-22-11-17(27-18)13-6-5-7-14(21)10-13/h3-11H,12H2,1-2H3. The van der Waals surface area contributed by atoms with E-state index in [1.807, 2.05) is 60.1 Å². The van der Waals surface area contributed by atoms with Crippen molar-refractivity contribution in [1.29, 1.82) is 0 Å². The van der Waals surface area contributed by atoms with Gasteiger partial charge in [-0.15, -0.1) is 10.2 Å². The summed E-state index contributed by atoms with van der Waals surface area (Å²) < 4.78 is 13.2. The third-order valence-corrected chi connectivity index (χ3v) is 5.41. The second-order valence-corrected chi connectivity index (χ2v) is 7.36. The van der Waals surface area contributed by atoms with E-state index in [-0.39, 0.29) is 0 Å². The molecule has 0 saturated carbocycles. The predicted molar refractivity (Wildman–Crippen MR) is 110 cm³/mol. The molecule has 0 amide bonds. The largest absolute Gasteiger partial charge is 0.496 e. The molecule has 142 valence electrons. The van der Waals surface area contributed by atoms with Gasteiger partial charge in [-0.25, -0.2) is 4.98 Å². The maximum Gasteiger partial charge on any atom is 0.205 e. The van der Waals surface area contributed by atoms with Crippen LogP contribution in [-0.4, -0.2) is 26.9 Å². The minimum atomic E-state index is 0.540. The Balaban J connectivity index is 1.50. The molecule has 4 rings (SSSR count). The van der Waals surface area contributed by atoms with Crippen molar-refractivity contribution < 1.29 is 9.15 Å².